The Hall–Kier alpha value is -1.50. The Labute approximate surface area is 132 Å². The summed E-state index contributed by atoms with van der Waals surface area (Å²) in [7, 11) is 0. The van der Waals surface area contributed by atoms with Crippen molar-refractivity contribution in [1.82, 2.24) is 5.32 Å². The molecule has 0 saturated heterocycles. The van der Waals surface area contributed by atoms with Crippen molar-refractivity contribution in [3.8, 4) is 5.75 Å². The van der Waals surface area contributed by atoms with Gasteiger partial charge in [-0.1, -0.05) is 17.7 Å². The second-order valence-electron chi connectivity index (χ2n) is 5.12. The van der Waals surface area contributed by atoms with Crippen LogP contribution in [0.4, 0.5) is 8.78 Å². The summed E-state index contributed by atoms with van der Waals surface area (Å²) >= 11 is 1.52. The molecule has 0 spiro atoms. The van der Waals surface area contributed by atoms with Gasteiger partial charge in [0.05, 0.1) is 6.10 Å². The Bertz CT molecular complexity index is 590. The molecule has 0 aliphatic carbocycles. The third kappa shape index (κ3) is 4.50. The number of nitrogens with one attached hydrogen (secondary N) is 1. The molecule has 0 fully saturated rings. The monoisotopic (exact) mass is 327 g/mol. The van der Waals surface area contributed by atoms with Crippen LogP contribution in [0.15, 0.2) is 35.0 Å². The second kappa shape index (κ2) is 7.67. The number of benzene rings is 1. The largest absolute Gasteiger partial charge is 0.434 e. The van der Waals surface area contributed by atoms with E-state index in [1.54, 1.807) is 12.1 Å². The minimum atomic E-state index is -2.86. The van der Waals surface area contributed by atoms with Gasteiger partial charge in [-0.3, -0.25) is 0 Å². The molecule has 2 atom stereocenters. The van der Waals surface area contributed by atoms with Crippen molar-refractivity contribution in [1.29, 1.82) is 0 Å². The molecule has 0 aliphatic rings. The molecule has 1 heterocycles. The van der Waals surface area contributed by atoms with Crippen LogP contribution >= 0.6 is 11.3 Å². The smallest absolute Gasteiger partial charge is 0.387 e. The SMILES string of the molecule is Cc1ccc(OC(F)F)c(C(C)NCC(O)c2ccsc2)c1. The molecule has 0 amide bonds. The molecule has 0 saturated carbocycles. The van der Waals surface area contributed by atoms with Crippen molar-refractivity contribution < 1.29 is 18.6 Å². The fourth-order valence-electron chi connectivity index (χ4n) is 2.19. The van der Waals surface area contributed by atoms with E-state index in [-0.39, 0.29) is 11.8 Å². The fraction of sp³-hybridized carbons (Fsp3) is 0.375. The highest BCUT2D eigenvalue weighted by molar-refractivity contribution is 7.07. The zero-order valence-electron chi connectivity index (χ0n) is 12.4. The average molecular weight is 327 g/mol. The van der Waals surface area contributed by atoms with Crippen molar-refractivity contribution in [3.63, 3.8) is 0 Å². The molecule has 2 N–H and O–H groups in total. The zero-order chi connectivity index (χ0) is 16.1. The van der Waals surface area contributed by atoms with Crippen molar-refractivity contribution in [2.45, 2.75) is 32.6 Å². The van der Waals surface area contributed by atoms with Crippen LogP contribution in [0, 0.1) is 6.92 Å². The van der Waals surface area contributed by atoms with Crippen LogP contribution in [-0.4, -0.2) is 18.3 Å². The van der Waals surface area contributed by atoms with Crippen LogP contribution in [-0.2, 0) is 0 Å². The number of alkyl halides is 2. The predicted molar refractivity (Wildman–Crippen MR) is 83.5 cm³/mol. The van der Waals surface area contributed by atoms with E-state index in [0.717, 1.165) is 11.1 Å². The molecule has 22 heavy (non-hydrogen) atoms. The molecule has 6 heteroatoms. The summed E-state index contributed by atoms with van der Waals surface area (Å²) in [5.41, 5.74) is 2.46. The molecule has 0 radical (unpaired) electrons. The van der Waals surface area contributed by atoms with Crippen LogP contribution in [0.25, 0.3) is 0 Å². The third-order valence-corrected chi connectivity index (χ3v) is 4.09. The number of aryl methyl sites for hydroxylation is 1. The number of aliphatic hydroxyl groups excluding tert-OH is 1. The van der Waals surface area contributed by atoms with Crippen molar-refractivity contribution >= 4 is 11.3 Å². The van der Waals surface area contributed by atoms with Gasteiger partial charge in [0, 0.05) is 18.2 Å². The summed E-state index contributed by atoms with van der Waals surface area (Å²) in [6.07, 6.45) is -0.627. The van der Waals surface area contributed by atoms with E-state index in [4.69, 9.17) is 0 Å². The number of thiophene rings is 1. The highest BCUT2D eigenvalue weighted by Gasteiger charge is 2.16. The molecule has 120 valence electrons. The van der Waals surface area contributed by atoms with Gasteiger partial charge in [-0.05, 0) is 42.3 Å². The highest BCUT2D eigenvalue weighted by atomic mass is 32.1. The van der Waals surface area contributed by atoms with Crippen LogP contribution < -0.4 is 10.1 Å². The van der Waals surface area contributed by atoms with Crippen molar-refractivity contribution in [2.75, 3.05) is 6.54 Å². The quantitative estimate of drug-likeness (QED) is 0.806. The van der Waals surface area contributed by atoms with E-state index in [2.05, 4.69) is 10.1 Å². The normalized spacial score (nSPS) is 14.1. The van der Waals surface area contributed by atoms with Gasteiger partial charge in [-0.15, -0.1) is 0 Å². The minimum Gasteiger partial charge on any atom is -0.434 e. The van der Waals surface area contributed by atoms with Crippen LogP contribution in [0.1, 0.15) is 35.8 Å². The summed E-state index contributed by atoms with van der Waals surface area (Å²) in [6.45, 7) is 1.22. The van der Waals surface area contributed by atoms with E-state index in [9.17, 15) is 13.9 Å². The lowest BCUT2D eigenvalue weighted by Gasteiger charge is -2.20. The van der Waals surface area contributed by atoms with E-state index in [0.29, 0.717) is 12.1 Å². The van der Waals surface area contributed by atoms with Crippen LogP contribution in [0.3, 0.4) is 0 Å². The molecule has 2 unspecified atom stereocenters. The van der Waals surface area contributed by atoms with Crippen molar-refractivity contribution in [3.05, 3.63) is 51.7 Å². The lowest BCUT2D eigenvalue weighted by atomic mass is 10.0. The maximum atomic E-state index is 12.5. The van der Waals surface area contributed by atoms with Crippen LogP contribution in [0.5, 0.6) is 5.75 Å². The van der Waals surface area contributed by atoms with Crippen LogP contribution in [0.2, 0.25) is 0 Å². The molecular weight excluding hydrogens is 308 g/mol. The van der Waals surface area contributed by atoms with E-state index in [1.165, 1.54) is 11.3 Å². The fourth-order valence-corrected chi connectivity index (χ4v) is 2.90. The molecular formula is C16H19F2NO2S. The standard InChI is InChI=1S/C16H19F2NO2S/c1-10-3-4-15(21-16(17)18)13(7-10)11(2)19-8-14(20)12-5-6-22-9-12/h3-7,9,11,14,16,19-20H,8H2,1-2H3. The van der Waals surface area contributed by atoms with Gasteiger partial charge >= 0.3 is 6.61 Å². The topological polar surface area (TPSA) is 41.5 Å². The summed E-state index contributed by atoms with van der Waals surface area (Å²) in [5.74, 6) is 0.158. The molecule has 2 rings (SSSR count). The van der Waals surface area contributed by atoms with Crippen molar-refractivity contribution in [2.24, 2.45) is 0 Å². The van der Waals surface area contributed by atoms with E-state index in [1.807, 2.05) is 36.7 Å². The molecule has 3 nitrogen and oxygen atoms in total. The lowest BCUT2D eigenvalue weighted by Crippen LogP contribution is -2.25. The maximum Gasteiger partial charge on any atom is 0.387 e. The average Bonchev–Trinajstić information content (AvgIpc) is 3.00. The summed E-state index contributed by atoms with van der Waals surface area (Å²) in [6, 6.07) is 6.73. The first-order valence-electron chi connectivity index (χ1n) is 6.96. The molecule has 0 bridgehead atoms. The number of ether oxygens (including phenoxy) is 1. The first-order chi connectivity index (χ1) is 10.5. The number of aliphatic hydroxyl groups is 1. The summed E-state index contributed by atoms with van der Waals surface area (Å²) in [4.78, 5) is 0. The molecule has 1 aromatic heterocycles. The molecule has 2 aromatic rings. The minimum absolute atomic E-state index is 0.158. The Morgan fingerprint density at radius 1 is 1.32 bits per heavy atom. The number of hydrogen-bond donors (Lipinski definition) is 2. The first kappa shape index (κ1) is 16.9. The number of rotatable bonds is 7. The predicted octanol–water partition coefficient (Wildman–Crippen LogP) is 4.04. The van der Waals surface area contributed by atoms with Gasteiger partial charge in [0.2, 0.25) is 0 Å². The van der Waals surface area contributed by atoms with E-state index < -0.39 is 12.7 Å². The molecule has 1 aromatic carbocycles. The zero-order valence-corrected chi connectivity index (χ0v) is 13.2. The number of hydrogen-bond acceptors (Lipinski definition) is 4. The lowest BCUT2D eigenvalue weighted by molar-refractivity contribution is -0.0507. The van der Waals surface area contributed by atoms with E-state index >= 15 is 0 Å². The van der Waals surface area contributed by atoms with Gasteiger partial charge in [0.15, 0.2) is 0 Å². The third-order valence-electron chi connectivity index (χ3n) is 3.39. The van der Waals surface area contributed by atoms with Gasteiger partial charge < -0.3 is 15.2 Å². The first-order valence-corrected chi connectivity index (χ1v) is 7.90. The highest BCUT2D eigenvalue weighted by Crippen LogP contribution is 2.28. The molecule has 0 aliphatic heterocycles. The van der Waals surface area contributed by atoms with Gasteiger partial charge in [-0.25, -0.2) is 0 Å². The second-order valence-corrected chi connectivity index (χ2v) is 5.90. The Balaban J connectivity index is 2.05. The summed E-state index contributed by atoms with van der Waals surface area (Å²) in [5, 5.41) is 17.0. The Kier molecular flexibility index (Phi) is 5.88. The number of halogens is 2. The maximum absolute atomic E-state index is 12.5. The van der Waals surface area contributed by atoms with Gasteiger partial charge in [-0.2, -0.15) is 20.1 Å². The van der Waals surface area contributed by atoms with Gasteiger partial charge in [0.25, 0.3) is 0 Å². The summed E-state index contributed by atoms with van der Waals surface area (Å²) < 4.78 is 29.5. The Morgan fingerprint density at radius 2 is 2.09 bits per heavy atom. The Morgan fingerprint density at radius 3 is 2.73 bits per heavy atom. The van der Waals surface area contributed by atoms with Gasteiger partial charge in [0.1, 0.15) is 5.75 Å².